The van der Waals surface area contributed by atoms with Crippen LogP contribution in [0.5, 0.6) is 0 Å². The maximum absolute atomic E-state index is 12.7. The van der Waals surface area contributed by atoms with Crippen molar-refractivity contribution in [2.24, 2.45) is 0 Å². The van der Waals surface area contributed by atoms with Crippen molar-refractivity contribution in [2.45, 2.75) is 52.7 Å². The maximum Gasteiger partial charge on any atom is 0.252 e. The van der Waals surface area contributed by atoms with E-state index in [1.54, 1.807) is 11.3 Å². The standard InChI is InChI=1S/C20H30N4O2S/c1-6-15(23(4)5)9-21-20(25)18-12-27-19-11-24(8-7-16(18)19)10-17-13(2)22-26-14(17)3/h12,15H,6-11H2,1-5H3,(H,21,25)/t15-/m0/s1. The van der Waals surface area contributed by atoms with Crippen molar-refractivity contribution in [1.29, 1.82) is 0 Å². The SMILES string of the molecule is CC[C@@H](CNC(=O)c1csc2c1CCN(Cc1c(C)noc1C)C2)N(C)C. The molecule has 2 aromatic rings. The van der Waals surface area contributed by atoms with Crippen LogP contribution in [-0.4, -0.2) is 54.1 Å². The summed E-state index contributed by atoms with van der Waals surface area (Å²) in [5, 5.41) is 9.20. The van der Waals surface area contributed by atoms with E-state index in [9.17, 15) is 4.79 Å². The second-order valence-corrected chi connectivity index (χ2v) is 8.51. The number of aryl methyl sites for hydroxylation is 2. The van der Waals surface area contributed by atoms with Crippen molar-refractivity contribution in [3.05, 3.63) is 38.4 Å². The van der Waals surface area contributed by atoms with Gasteiger partial charge in [-0.3, -0.25) is 9.69 Å². The van der Waals surface area contributed by atoms with E-state index in [0.717, 1.165) is 49.5 Å². The summed E-state index contributed by atoms with van der Waals surface area (Å²) in [5.74, 6) is 0.961. The zero-order chi connectivity index (χ0) is 19.6. The summed E-state index contributed by atoms with van der Waals surface area (Å²) < 4.78 is 5.28. The Morgan fingerprint density at radius 3 is 2.85 bits per heavy atom. The Morgan fingerprint density at radius 2 is 2.22 bits per heavy atom. The molecule has 0 spiro atoms. The number of amides is 1. The third-order valence-corrected chi connectivity index (χ3v) is 6.55. The molecule has 1 N–H and O–H groups in total. The number of nitrogens with one attached hydrogen (secondary N) is 1. The monoisotopic (exact) mass is 390 g/mol. The highest BCUT2D eigenvalue weighted by molar-refractivity contribution is 7.10. The van der Waals surface area contributed by atoms with Crippen LogP contribution >= 0.6 is 11.3 Å². The number of hydrogen-bond donors (Lipinski definition) is 1. The van der Waals surface area contributed by atoms with Gasteiger partial charge in [0.15, 0.2) is 0 Å². The van der Waals surface area contributed by atoms with E-state index in [4.69, 9.17) is 4.52 Å². The molecule has 0 saturated heterocycles. The molecule has 0 aliphatic carbocycles. The van der Waals surface area contributed by atoms with Gasteiger partial charge in [0.2, 0.25) is 0 Å². The highest BCUT2D eigenvalue weighted by atomic mass is 32.1. The van der Waals surface area contributed by atoms with Gasteiger partial charge in [0.25, 0.3) is 5.91 Å². The fraction of sp³-hybridized carbons (Fsp3) is 0.600. The van der Waals surface area contributed by atoms with Gasteiger partial charge in [-0.25, -0.2) is 0 Å². The van der Waals surface area contributed by atoms with E-state index >= 15 is 0 Å². The highest BCUT2D eigenvalue weighted by Gasteiger charge is 2.25. The van der Waals surface area contributed by atoms with E-state index in [1.165, 1.54) is 16.0 Å². The summed E-state index contributed by atoms with van der Waals surface area (Å²) in [6.45, 7) is 9.47. The van der Waals surface area contributed by atoms with Gasteiger partial charge in [-0.15, -0.1) is 11.3 Å². The Labute approximate surface area is 165 Å². The molecule has 27 heavy (non-hydrogen) atoms. The first-order chi connectivity index (χ1) is 12.9. The molecule has 148 valence electrons. The molecule has 0 radical (unpaired) electrons. The molecule has 3 rings (SSSR count). The molecule has 6 nitrogen and oxygen atoms in total. The summed E-state index contributed by atoms with van der Waals surface area (Å²) in [6, 6.07) is 0.369. The van der Waals surface area contributed by atoms with E-state index in [-0.39, 0.29) is 5.91 Å². The van der Waals surface area contributed by atoms with E-state index in [0.29, 0.717) is 12.6 Å². The van der Waals surface area contributed by atoms with Gasteiger partial charge in [0.1, 0.15) is 5.76 Å². The van der Waals surface area contributed by atoms with Crippen LogP contribution in [-0.2, 0) is 19.5 Å². The van der Waals surface area contributed by atoms with Crippen LogP contribution in [0.1, 0.15) is 51.2 Å². The molecule has 1 aliphatic heterocycles. The quantitative estimate of drug-likeness (QED) is 0.788. The van der Waals surface area contributed by atoms with Crippen LogP contribution in [0.2, 0.25) is 0 Å². The molecule has 1 aliphatic rings. The average molecular weight is 391 g/mol. The lowest BCUT2D eigenvalue weighted by atomic mass is 10.0. The topological polar surface area (TPSA) is 61.6 Å². The van der Waals surface area contributed by atoms with Gasteiger partial charge in [0, 0.05) is 48.0 Å². The molecule has 1 amide bonds. The van der Waals surface area contributed by atoms with Crippen molar-refractivity contribution in [1.82, 2.24) is 20.3 Å². The Hall–Kier alpha value is -1.70. The second-order valence-electron chi connectivity index (χ2n) is 7.55. The lowest BCUT2D eigenvalue weighted by Gasteiger charge is -2.27. The van der Waals surface area contributed by atoms with Crippen LogP contribution in [0.3, 0.4) is 0 Å². The van der Waals surface area contributed by atoms with Gasteiger partial charge in [-0.2, -0.15) is 0 Å². The smallest absolute Gasteiger partial charge is 0.252 e. The number of nitrogens with zero attached hydrogens (tertiary/aromatic N) is 3. The largest absolute Gasteiger partial charge is 0.361 e. The second kappa shape index (κ2) is 8.54. The number of carbonyl (C=O) groups excluding carboxylic acids is 1. The summed E-state index contributed by atoms with van der Waals surface area (Å²) >= 11 is 1.70. The van der Waals surface area contributed by atoms with E-state index < -0.39 is 0 Å². The number of carbonyl (C=O) groups is 1. The summed E-state index contributed by atoms with van der Waals surface area (Å²) in [5.41, 5.74) is 4.24. The van der Waals surface area contributed by atoms with Crippen LogP contribution in [0.15, 0.2) is 9.90 Å². The summed E-state index contributed by atoms with van der Waals surface area (Å²) in [4.78, 5) is 18.6. The number of aromatic nitrogens is 1. The van der Waals surface area contributed by atoms with E-state index in [1.807, 2.05) is 19.2 Å². The molecule has 0 fully saturated rings. The zero-order valence-corrected chi connectivity index (χ0v) is 17.8. The van der Waals surface area contributed by atoms with Crippen molar-refractivity contribution in [3.63, 3.8) is 0 Å². The number of likely N-dealkylation sites (N-methyl/N-ethyl adjacent to an activating group) is 1. The Bertz CT molecular complexity index is 777. The van der Waals surface area contributed by atoms with Crippen molar-refractivity contribution in [3.8, 4) is 0 Å². The Kier molecular flexibility index (Phi) is 6.34. The molecule has 3 heterocycles. The molecule has 0 aromatic carbocycles. The molecule has 2 aromatic heterocycles. The summed E-state index contributed by atoms with van der Waals surface area (Å²) in [6.07, 6.45) is 1.93. The van der Waals surface area contributed by atoms with E-state index in [2.05, 4.69) is 41.3 Å². The average Bonchev–Trinajstić information content (AvgIpc) is 3.20. The van der Waals surface area contributed by atoms with Crippen LogP contribution in [0.4, 0.5) is 0 Å². The fourth-order valence-corrected chi connectivity index (χ4v) is 4.78. The highest BCUT2D eigenvalue weighted by Crippen LogP contribution is 2.30. The third-order valence-electron chi connectivity index (χ3n) is 5.53. The normalized spacial score (nSPS) is 15.8. The predicted octanol–water partition coefficient (Wildman–Crippen LogP) is 2.98. The third kappa shape index (κ3) is 4.42. The minimum absolute atomic E-state index is 0.0620. The van der Waals surface area contributed by atoms with Gasteiger partial charge >= 0.3 is 0 Å². The fourth-order valence-electron chi connectivity index (χ4n) is 3.66. The number of rotatable bonds is 7. The zero-order valence-electron chi connectivity index (χ0n) is 17.0. The van der Waals surface area contributed by atoms with Gasteiger partial charge in [-0.05, 0) is 46.3 Å². The lowest BCUT2D eigenvalue weighted by Crippen LogP contribution is -2.40. The molecular formula is C20H30N4O2S. The van der Waals surface area contributed by atoms with Crippen molar-refractivity contribution >= 4 is 17.2 Å². The van der Waals surface area contributed by atoms with Crippen molar-refractivity contribution < 1.29 is 9.32 Å². The summed E-state index contributed by atoms with van der Waals surface area (Å²) in [7, 11) is 4.11. The maximum atomic E-state index is 12.7. The minimum Gasteiger partial charge on any atom is -0.361 e. The number of thiophene rings is 1. The first-order valence-corrected chi connectivity index (χ1v) is 10.5. The van der Waals surface area contributed by atoms with Gasteiger partial charge in [-0.1, -0.05) is 12.1 Å². The molecule has 0 unspecified atom stereocenters. The molecule has 0 bridgehead atoms. The predicted molar refractivity (Wildman–Crippen MR) is 108 cm³/mol. The lowest BCUT2D eigenvalue weighted by molar-refractivity contribution is 0.0940. The van der Waals surface area contributed by atoms with Gasteiger partial charge < -0.3 is 14.7 Å². The first-order valence-electron chi connectivity index (χ1n) is 9.58. The van der Waals surface area contributed by atoms with Crippen molar-refractivity contribution in [2.75, 3.05) is 27.2 Å². The number of hydrogen-bond acceptors (Lipinski definition) is 6. The number of fused-ring (bicyclic) bond motifs is 1. The van der Waals surface area contributed by atoms with Crippen LogP contribution in [0.25, 0.3) is 0 Å². The molecular weight excluding hydrogens is 360 g/mol. The first kappa shape index (κ1) is 20.0. The van der Waals surface area contributed by atoms with Crippen LogP contribution in [0, 0.1) is 13.8 Å². The molecule has 7 heteroatoms. The molecule has 1 atom stereocenters. The Balaban J connectivity index is 1.63. The van der Waals surface area contributed by atoms with Gasteiger partial charge in [0.05, 0.1) is 11.3 Å². The molecule has 0 saturated carbocycles. The van der Waals surface area contributed by atoms with Crippen LogP contribution < -0.4 is 5.32 Å². The Morgan fingerprint density at radius 1 is 1.44 bits per heavy atom. The minimum atomic E-state index is 0.0620.